The highest BCUT2D eigenvalue weighted by atomic mass is 16.5. The van der Waals surface area contributed by atoms with Crippen LogP contribution in [0, 0.1) is 0 Å². The summed E-state index contributed by atoms with van der Waals surface area (Å²) >= 11 is 0. The number of hydrogen-bond donors (Lipinski definition) is 1. The summed E-state index contributed by atoms with van der Waals surface area (Å²) in [5, 5.41) is 10.9. The molecule has 3 aliphatic rings. The number of ether oxygens (including phenoxy) is 1. The van der Waals surface area contributed by atoms with Gasteiger partial charge in [-0.3, -0.25) is 14.5 Å². The highest BCUT2D eigenvalue weighted by molar-refractivity contribution is 6.00. The van der Waals surface area contributed by atoms with E-state index in [9.17, 15) is 14.7 Å². The zero-order chi connectivity index (χ0) is 25.2. The first-order valence-corrected chi connectivity index (χ1v) is 12.9. The monoisotopic (exact) mass is 492 g/mol. The van der Waals surface area contributed by atoms with Gasteiger partial charge in [0.25, 0.3) is 5.91 Å². The van der Waals surface area contributed by atoms with Gasteiger partial charge in [-0.25, -0.2) is 0 Å². The van der Waals surface area contributed by atoms with Crippen LogP contribution in [-0.4, -0.2) is 96.7 Å². The van der Waals surface area contributed by atoms with Crippen molar-refractivity contribution in [2.45, 2.75) is 38.5 Å². The van der Waals surface area contributed by atoms with E-state index in [0.717, 1.165) is 31.6 Å². The second kappa shape index (κ2) is 10.5. The Hall–Kier alpha value is -3.10. The Morgan fingerprint density at radius 2 is 1.89 bits per heavy atom. The van der Waals surface area contributed by atoms with Crippen LogP contribution in [-0.2, 0) is 17.8 Å². The molecule has 0 bridgehead atoms. The number of carbonyl (C=O) groups is 2. The predicted octanol–water partition coefficient (Wildman–Crippen LogP) is 2.00. The Bertz CT molecular complexity index is 1120. The molecule has 2 atom stereocenters. The van der Waals surface area contributed by atoms with Crippen molar-refractivity contribution in [3.8, 4) is 5.75 Å². The molecule has 5 rings (SSSR count). The summed E-state index contributed by atoms with van der Waals surface area (Å²) in [7, 11) is 1.98. The molecule has 0 unspecified atom stereocenters. The minimum atomic E-state index is -0.611. The molecular formula is C28H36N4O4. The molecule has 1 N–H and O–H groups in total. The van der Waals surface area contributed by atoms with Gasteiger partial charge in [-0.2, -0.15) is 0 Å². The Kier molecular flexibility index (Phi) is 7.16. The lowest BCUT2D eigenvalue weighted by molar-refractivity contribution is -0.128. The Morgan fingerprint density at radius 3 is 2.67 bits per heavy atom. The molecule has 1 saturated heterocycles. The lowest BCUT2D eigenvalue weighted by Crippen LogP contribution is -2.44. The molecule has 0 aromatic heterocycles. The minimum Gasteiger partial charge on any atom is -0.488 e. The molecule has 0 aliphatic carbocycles. The topological polar surface area (TPSA) is 76.6 Å². The number of rotatable bonds is 6. The summed E-state index contributed by atoms with van der Waals surface area (Å²) in [4.78, 5) is 33.0. The summed E-state index contributed by atoms with van der Waals surface area (Å²) in [6.45, 7) is 6.73. The number of aliphatic hydroxyl groups is 1. The van der Waals surface area contributed by atoms with Gasteiger partial charge in [0.2, 0.25) is 5.91 Å². The molecule has 0 spiro atoms. The van der Waals surface area contributed by atoms with Crippen LogP contribution >= 0.6 is 0 Å². The van der Waals surface area contributed by atoms with Gasteiger partial charge in [0.1, 0.15) is 11.9 Å². The van der Waals surface area contributed by atoms with Crippen LogP contribution in [0.5, 0.6) is 5.75 Å². The van der Waals surface area contributed by atoms with Gasteiger partial charge in [0.05, 0.1) is 23.9 Å². The SMILES string of the molecule is CC(=O)N1CC[C@H](Oc2ccc3c(c2)N(C)CCN(C[C@H](O)CN2CCc4ccccc4C2)C3=O)C1. The predicted molar refractivity (Wildman–Crippen MR) is 138 cm³/mol. The maximum atomic E-state index is 13.4. The first kappa shape index (κ1) is 24.6. The van der Waals surface area contributed by atoms with E-state index >= 15 is 0 Å². The van der Waals surface area contributed by atoms with Gasteiger partial charge in [-0.15, -0.1) is 0 Å². The number of hydrogen-bond acceptors (Lipinski definition) is 6. The van der Waals surface area contributed by atoms with Crippen LogP contribution in [0.2, 0.25) is 0 Å². The van der Waals surface area contributed by atoms with E-state index in [1.165, 1.54) is 11.1 Å². The Morgan fingerprint density at radius 1 is 1.08 bits per heavy atom. The van der Waals surface area contributed by atoms with E-state index in [0.29, 0.717) is 50.6 Å². The Balaban J connectivity index is 1.21. The van der Waals surface area contributed by atoms with Crippen molar-refractivity contribution in [2.24, 2.45) is 0 Å². The van der Waals surface area contributed by atoms with Crippen molar-refractivity contribution in [3.63, 3.8) is 0 Å². The summed E-state index contributed by atoms with van der Waals surface area (Å²) in [5.41, 5.74) is 4.17. The quantitative estimate of drug-likeness (QED) is 0.665. The molecule has 0 radical (unpaired) electrons. The van der Waals surface area contributed by atoms with Gasteiger partial charge < -0.3 is 24.5 Å². The maximum absolute atomic E-state index is 13.4. The first-order valence-electron chi connectivity index (χ1n) is 12.9. The summed E-state index contributed by atoms with van der Waals surface area (Å²) in [5.74, 6) is 0.718. The van der Waals surface area contributed by atoms with Crippen LogP contribution in [0.25, 0.3) is 0 Å². The fraction of sp³-hybridized carbons (Fsp3) is 0.500. The van der Waals surface area contributed by atoms with Gasteiger partial charge in [-0.05, 0) is 29.7 Å². The number of β-amino-alcohol motifs (C(OH)–C–C–N with tert-alkyl or cyclic N) is 1. The van der Waals surface area contributed by atoms with Crippen molar-refractivity contribution < 1.29 is 19.4 Å². The van der Waals surface area contributed by atoms with E-state index in [-0.39, 0.29) is 17.9 Å². The fourth-order valence-corrected chi connectivity index (χ4v) is 5.54. The molecule has 192 valence electrons. The van der Waals surface area contributed by atoms with Crippen molar-refractivity contribution in [1.29, 1.82) is 0 Å². The third-order valence-electron chi connectivity index (χ3n) is 7.61. The summed E-state index contributed by atoms with van der Waals surface area (Å²) < 4.78 is 6.16. The summed E-state index contributed by atoms with van der Waals surface area (Å²) in [6, 6.07) is 14.1. The standard InChI is InChI=1S/C28H36N4O4/c1-20(33)31-12-10-25(19-31)36-24-7-8-26-27(15-24)29(2)13-14-32(28(26)35)18-23(34)17-30-11-9-21-5-3-4-6-22(21)16-30/h3-8,15,23,25,34H,9-14,16-19H2,1-2H3/t23-,25+/m1/s1. The van der Waals surface area contributed by atoms with Crippen LogP contribution in [0.1, 0.15) is 34.8 Å². The molecular weight excluding hydrogens is 456 g/mol. The molecule has 8 heteroatoms. The molecule has 36 heavy (non-hydrogen) atoms. The fourth-order valence-electron chi connectivity index (χ4n) is 5.54. The zero-order valence-corrected chi connectivity index (χ0v) is 21.2. The molecule has 3 heterocycles. The zero-order valence-electron chi connectivity index (χ0n) is 21.2. The van der Waals surface area contributed by atoms with E-state index in [1.807, 2.05) is 25.2 Å². The largest absolute Gasteiger partial charge is 0.488 e. The summed E-state index contributed by atoms with van der Waals surface area (Å²) in [6.07, 6.45) is 1.15. The number of anilines is 1. The second-order valence-corrected chi connectivity index (χ2v) is 10.3. The molecule has 1 fully saturated rings. The maximum Gasteiger partial charge on any atom is 0.256 e. The molecule has 2 aromatic rings. The Labute approximate surface area is 213 Å². The number of benzene rings is 2. The molecule has 0 saturated carbocycles. The average Bonchev–Trinajstić information content (AvgIpc) is 3.30. The number of likely N-dealkylation sites (tertiary alicyclic amines) is 1. The number of amides is 2. The van der Waals surface area contributed by atoms with Crippen LogP contribution in [0.15, 0.2) is 42.5 Å². The highest BCUT2D eigenvalue weighted by Crippen LogP contribution is 2.30. The molecule has 3 aliphatic heterocycles. The number of aliphatic hydroxyl groups excluding tert-OH is 1. The van der Waals surface area contributed by atoms with Crippen molar-refractivity contribution in [1.82, 2.24) is 14.7 Å². The normalized spacial score (nSPS) is 21.1. The van der Waals surface area contributed by atoms with Crippen molar-refractivity contribution in [3.05, 3.63) is 59.2 Å². The van der Waals surface area contributed by atoms with Gasteiger partial charge in [0.15, 0.2) is 0 Å². The van der Waals surface area contributed by atoms with Gasteiger partial charge in [0, 0.05) is 72.3 Å². The van der Waals surface area contributed by atoms with Crippen molar-refractivity contribution in [2.75, 3.05) is 57.8 Å². The lowest BCUT2D eigenvalue weighted by atomic mass is 10.00. The average molecular weight is 493 g/mol. The van der Waals surface area contributed by atoms with Crippen molar-refractivity contribution >= 4 is 17.5 Å². The molecule has 2 aromatic carbocycles. The number of fused-ring (bicyclic) bond motifs is 2. The second-order valence-electron chi connectivity index (χ2n) is 10.3. The van der Waals surface area contributed by atoms with E-state index < -0.39 is 6.10 Å². The van der Waals surface area contributed by atoms with Crippen LogP contribution in [0.4, 0.5) is 5.69 Å². The number of carbonyl (C=O) groups excluding carboxylic acids is 2. The lowest BCUT2D eigenvalue weighted by Gasteiger charge is -2.32. The smallest absolute Gasteiger partial charge is 0.256 e. The number of likely N-dealkylation sites (N-methyl/N-ethyl adjacent to an activating group) is 1. The van der Waals surface area contributed by atoms with E-state index in [1.54, 1.807) is 16.7 Å². The molecule has 2 amide bonds. The third kappa shape index (κ3) is 5.34. The van der Waals surface area contributed by atoms with Crippen LogP contribution in [0.3, 0.4) is 0 Å². The minimum absolute atomic E-state index is 0.0351. The van der Waals surface area contributed by atoms with Crippen LogP contribution < -0.4 is 9.64 Å². The molecule has 8 nitrogen and oxygen atoms in total. The van der Waals surface area contributed by atoms with Gasteiger partial charge >= 0.3 is 0 Å². The van der Waals surface area contributed by atoms with E-state index in [2.05, 4.69) is 34.1 Å². The van der Waals surface area contributed by atoms with E-state index in [4.69, 9.17) is 4.74 Å². The number of nitrogens with zero attached hydrogens (tertiary/aromatic N) is 4. The van der Waals surface area contributed by atoms with Gasteiger partial charge in [-0.1, -0.05) is 24.3 Å². The first-order chi connectivity index (χ1) is 17.4. The third-order valence-corrected chi connectivity index (χ3v) is 7.61. The highest BCUT2D eigenvalue weighted by Gasteiger charge is 2.29.